The van der Waals surface area contributed by atoms with E-state index in [1.165, 1.54) is 18.2 Å². The van der Waals surface area contributed by atoms with Crippen LogP contribution in [0.5, 0.6) is 0 Å². The van der Waals surface area contributed by atoms with Gasteiger partial charge in [0.2, 0.25) is 0 Å². The molecule has 0 fully saturated rings. The van der Waals surface area contributed by atoms with Gasteiger partial charge in [0.15, 0.2) is 10.8 Å². The van der Waals surface area contributed by atoms with Crippen LogP contribution < -0.4 is 5.32 Å². The second kappa shape index (κ2) is 6.24. The van der Waals surface area contributed by atoms with E-state index in [0.29, 0.717) is 5.69 Å². The normalized spacial score (nSPS) is 11.5. The first-order valence-corrected chi connectivity index (χ1v) is 7.83. The van der Waals surface area contributed by atoms with Gasteiger partial charge in [-0.2, -0.15) is 13.2 Å². The van der Waals surface area contributed by atoms with Gasteiger partial charge < -0.3 is 5.32 Å². The molecule has 0 aliphatic carbocycles. The van der Waals surface area contributed by atoms with Crippen LogP contribution in [-0.2, 0) is 6.18 Å². The lowest BCUT2D eigenvalue weighted by molar-refractivity contribution is -0.140. The molecule has 0 bridgehead atoms. The lowest BCUT2D eigenvalue weighted by Crippen LogP contribution is -2.07. The molecular weight excluding hydrogens is 340 g/mol. The van der Waals surface area contributed by atoms with E-state index < -0.39 is 17.7 Å². The van der Waals surface area contributed by atoms with Crippen LogP contribution in [0.15, 0.2) is 48.5 Å². The van der Waals surface area contributed by atoms with Crippen LogP contribution >= 0.6 is 11.3 Å². The summed E-state index contributed by atoms with van der Waals surface area (Å²) in [6, 6.07) is 12.5. The number of halogens is 4. The molecule has 0 unspecified atom stereocenters. The van der Waals surface area contributed by atoms with Crippen LogP contribution in [0, 0.1) is 12.7 Å². The van der Waals surface area contributed by atoms with E-state index in [2.05, 4.69) is 10.3 Å². The first-order valence-electron chi connectivity index (χ1n) is 7.01. The summed E-state index contributed by atoms with van der Waals surface area (Å²) in [5.41, 5.74) is 0.442. The maximum Gasteiger partial charge on any atom is 0.434 e. The average Bonchev–Trinajstić information content (AvgIpc) is 2.94. The zero-order valence-corrected chi connectivity index (χ0v) is 13.3. The Morgan fingerprint density at radius 1 is 1.00 bits per heavy atom. The number of anilines is 2. The molecule has 0 saturated carbocycles. The Bertz CT molecular complexity index is 854. The van der Waals surface area contributed by atoms with Gasteiger partial charge in [-0.05, 0) is 25.1 Å². The molecule has 0 amide bonds. The third-order valence-corrected chi connectivity index (χ3v) is 4.32. The molecule has 3 aromatic rings. The topological polar surface area (TPSA) is 24.9 Å². The number of hydrogen-bond donors (Lipinski definition) is 1. The van der Waals surface area contributed by atoms with Gasteiger partial charge in [-0.3, -0.25) is 0 Å². The molecule has 1 N–H and O–H groups in total. The van der Waals surface area contributed by atoms with Gasteiger partial charge in [-0.25, -0.2) is 9.37 Å². The van der Waals surface area contributed by atoms with E-state index in [4.69, 9.17) is 0 Å². The largest absolute Gasteiger partial charge is 0.434 e. The lowest BCUT2D eigenvalue weighted by Gasteiger charge is -2.06. The van der Waals surface area contributed by atoms with Crippen molar-refractivity contribution >= 4 is 22.2 Å². The van der Waals surface area contributed by atoms with Gasteiger partial charge in [-0.1, -0.05) is 47.2 Å². The van der Waals surface area contributed by atoms with Gasteiger partial charge in [0.05, 0.1) is 4.88 Å². The van der Waals surface area contributed by atoms with Crippen molar-refractivity contribution in [1.82, 2.24) is 4.98 Å². The van der Waals surface area contributed by atoms with E-state index in [9.17, 15) is 17.6 Å². The molecule has 0 saturated heterocycles. The number of thiazole rings is 1. The molecule has 2 nitrogen and oxygen atoms in total. The summed E-state index contributed by atoms with van der Waals surface area (Å²) in [5, 5.41) is 2.90. The molecule has 0 radical (unpaired) electrons. The zero-order valence-electron chi connectivity index (χ0n) is 12.5. The van der Waals surface area contributed by atoms with Crippen molar-refractivity contribution in [3.8, 4) is 10.4 Å². The van der Waals surface area contributed by atoms with Crippen LogP contribution in [0.25, 0.3) is 10.4 Å². The number of rotatable bonds is 3. The Kier molecular flexibility index (Phi) is 4.28. The second-order valence-corrected chi connectivity index (χ2v) is 6.16. The SMILES string of the molecule is Cc1ccc(Nc2nc(C(F)(F)F)c(-c3ccccc3F)s2)cc1. The molecule has 7 heteroatoms. The zero-order chi connectivity index (χ0) is 17.3. The molecule has 2 aromatic carbocycles. The summed E-state index contributed by atoms with van der Waals surface area (Å²) < 4.78 is 53.7. The molecule has 0 aliphatic rings. The lowest BCUT2D eigenvalue weighted by atomic mass is 10.1. The molecule has 24 heavy (non-hydrogen) atoms. The maximum absolute atomic E-state index is 13.9. The number of alkyl halides is 3. The average molecular weight is 352 g/mol. The summed E-state index contributed by atoms with van der Waals surface area (Å²) >= 11 is 0.770. The molecular formula is C17H12F4N2S. The predicted molar refractivity (Wildman–Crippen MR) is 87.0 cm³/mol. The van der Waals surface area contributed by atoms with E-state index in [0.717, 1.165) is 23.0 Å². The van der Waals surface area contributed by atoms with E-state index in [-0.39, 0.29) is 15.6 Å². The van der Waals surface area contributed by atoms with Crippen molar-refractivity contribution in [1.29, 1.82) is 0 Å². The molecule has 0 spiro atoms. The van der Waals surface area contributed by atoms with E-state index in [1.54, 1.807) is 12.1 Å². The first-order chi connectivity index (χ1) is 11.3. The number of hydrogen-bond acceptors (Lipinski definition) is 3. The minimum Gasteiger partial charge on any atom is -0.332 e. The molecule has 0 atom stereocenters. The van der Waals surface area contributed by atoms with Crippen LogP contribution in [0.3, 0.4) is 0 Å². The Morgan fingerprint density at radius 3 is 2.29 bits per heavy atom. The van der Waals surface area contributed by atoms with Crippen molar-refractivity contribution in [3.05, 3.63) is 65.6 Å². The molecule has 0 aliphatic heterocycles. The van der Waals surface area contributed by atoms with Crippen LogP contribution in [0.1, 0.15) is 11.3 Å². The highest BCUT2D eigenvalue weighted by atomic mass is 32.1. The predicted octanol–water partition coefficient (Wildman–Crippen LogP) is 6.02. The first kappa shape index (κ1) is 16.4. The van der Waals surface area contributed by atoms with Gasteiger partial charge in [0.25, 0.3) is 0 Å². The number of aromatic nitrogens is 1. The highest BCUT2D eigenvalue weighted by Gasteiger charge is 2.38. The van der Waals surface area contributed by atoms with Gasteiger partial charge >= 0.3 is 6.18 Å². The van der Waals surface area contributed by atoms with Gasteiger partial charge in [-0.15, -0.1) is 0 Å². The highest BCUT2D eigenvalue weighted by molar-refractivity contribution is 7.19. The third kappa shape index (κ3) is 3.41. The summed E-state index contributed by atoms with van der Waals surface area (Å²) in [6.07, 6.45) is -4.67. The molecule has 124 valence electrons. The fraction of sp³-hybridized carbons (Fsp3) is 0.118. The summed E-state index contributed by atoms with van der Waals surface area (Å²) in [5.74, 6) is -0.714. The van der Waals surface area contributed by atoms with Crippen LogP contribution in [0.4, 0.5) is 28.4 Å². The van der Waals surface area contributed by atoms with Crippen molar-refractivity contribution in [3.63, 3.8) is 0 Å². The van der Waals surface area contributed by atoms with Crippen molar-refractivity contribution in [2.45, 2.75) is 13.1 Å². The molecule has 1 aromatic heterocycles. The Labute approximate surface area is 139 Å². The smallest absolute Gasteiger partial charge is 0.332 e. The second-order valence-electron chi connectivity index (χ2n) is 5.17. The van der Waals surface area contributed by atoms with Crippen molar-refractivity contribution in [2.75, 3.05) is 5.32 Å². The standard InChI is InChI=1S/C17H12F4N2S/c1-10-6-8-11(9-7-10)22-16-23-15(17(19,20)21)14(24-16)12-4-2-3-5-13(12)18/h2-9H,1H3,(H,22,23). The number of aryl methyl sites for hydroxylation is 1. The highest BCUT2D eigenvalue weighted by Crippen LogP contribution is 2.43. The number of nitrogens with zero attached hydrogens (tertiary/aromatic N) is 1. The number of benzene rings is 2. The van der Waals surface area contributed by atoms with Gasteiger partial charge in [0, 0.05) is 11.3 Å². The van der Waals surface area contributed by atoms with Gasteiger partial charge in [0.1, 0.15) is 5.82 Å². The Morgan fingerprint density at radius 2 is 1.67 bits per heavy atom. The molecule has 3 rings (SSSR count). The minimum absolute atomic E-state index is 0.0597. The Hall–Kier alpha value is -2.41. The van der Waals surface area contributed by atoms with Crippen LogP contribution in [0.2, 0.25) is 0 Å². The van der Waals surface area contributed by atoms with E-state index >= 15 is 0 Å². The quantitative estimate of drug-likeness (QED) is 0.583. The van der Waals surface area contributed by atoms with Crippen LogP contribution in [-0.4, -0.2) is 4.98 Å². The minimum atomic E-state index is -4.67. The molecule has 1 heterocycles. The van der Waals surface area contributed by atoms with Crippen molar-refractivity contribution in [2.24, 2.45) is 0 Å². The summed E-state index contributed by atoms with van der Waals surface area (Å²) in [4.78, 5) is 3.39. The fourth-order valence-electron chi connectivity index (χ4n) is 2.15. The monoisotopic (exact) mass is 352 g/mol. The third-order valence-electron chi connectivity index (χ3n) is 3.32. The fourth-order valence-corrected chi connectivity index (χ4v) is 3.19. The summed E-state index contributed by atoms with van der Waals surface area (Å²) in [6.45, 7) is 1.91. The number of nitrogens with one attached hydrogen (secondary N) is 1. The summed E-state index contributed by atoms with van der Waals surface area (Å²) in [7, 11) is 0. The van der Waals surface area contributed by atoms with E-state index in [1.807, 2.05) is 19.1 Å². The maximum atomic E-state index is 13.9. The Balaban J connectivity index is 2.04. The van der Waals surface area contributed by atoms with Crippen molar-refractivity contribution < 1.29 is 17.6 Å².